The molecule has 23 heavy (non-hydrogen) atoms. The lowest BCUT2D eigenvalue weighted by Crippen LogP contribution is -2.13. The van der Waals surface area contributed by atoms with Gasteiger partial charge in [0.05, 0.1) is 22.0 Å². The van der Waals surface area contributed by atoms with E-state index in [0.717, 1.165) is 4.88 Å². The maximum absolute atomic E-state index is 11.4. The van der Waals surface area contributed by atoms with Crippen LogP contribution in [0.2, 0.25) is 4.34 Å². The molecule has 0 unspecified atom stereocenters. The van der Waals surface area contributed by atoms with Gasteiger partial charge < -0.3 is 14.2 Å². The highest BCUT2D eigenvalue weighted by atomic mass is 35.5. The Balaban J connectivity index is 1.92. The van der Waals surface area contributed by atoms with Crippen molar-refractivity contribution in [1.82, 2.24) is 14.7 Å². The third-order valence-corrected chi connectivity index (χ3v) is 4.56. The average molecular weight is 352 g/mol. The van der Waals surface area contributed by atoms with E-state index in [1.54, 1.807) is 16.7 Å². The van der Waals surface area contributed by atoms with Crippen LogP contribution in [0.3, 0.4) is 0 Å². The predicted molar refractivity (Wildman–Crippen MR) is 87.2 cm³/mol. The van der Waals surface area contributed by atoms with Crippen molar-refractivity contribution in [2.45, 2.75) is 26.3 Å². The zero-order chi connectivity index (χ0) is 16.6. The van der Waals surface area contributed by atoms with E-state index in [0.29, 0.717) is 21.6 Å². The Morgan fingerprint density at radius 2 is 2.26 bits per heavy atom. The maximum Gasteiger partial charge on any atom is 0.354 e. The molecule has 0 aromatic carbocycles. The van der Waals surface area contributed by atoms with Crippen LogP contribution in [-0.2, 0) is 6.54 Å². The SMILES string of the molecule is CC(C)c1ncc(C(=O)O)n1Cc1cc(-c2ccc(Cl)s2)on1. The molecule has 120 valence electrons. The number of carboxylic acids is 1. The summed E-state index contributed by atoms with van der Waals surface area (Å²) in [6.45, 7) is 4.22. The van der Waals surface area contributed by atoms with E-state index in [1.807, 2.05) is 19.9 Å². The highest BCUT2D eigenvalue weighted by molar-refractivity contribution is 7.19. The third kappa shape index (κ3) is 3.16. The molecule has 0 aliphatic rings. The monoisotopic (exact) mass is 351 g/mol. The zero-order valence-corrected chi connectivity index (χ0v) is 14.1. The van der Waals surface area contributed by atoms with Gasteiger partial charge in [0.2, 0.25) is 0 Å². The van der Waals surface area contributed by atoms with E-state index in [-0.39, 0.29) is 18.2 Å². The van der Waals surface area contributed by atoms with Crippen molar-refractivity contribution in [2.75, 3.05) is 0 Å². The fraction of sp³-hybridized carbons (Fsp3) is 0.267. The van der Waals surface area contributed by atoms with Gasteiger partial charge >= 0.3 is 5.97 Å². The number of rotatable bonds is 5. The molecule has 0 radical (unpaired) electrons. The number of nitrogens with zero attached hydrogens (tertiary/aromatic N) is 3. The molecule has 0 saturated heterocycles. The molecular formula is C15H14ClN3O3S. The Morgan fingerprint density at radius 3 is 2.87 bits per heavy atom. The number of aromatic nitrogens is 3. The molecule has 0 amide bonds. The molecule has 1 N–H and O–H groups in total. The van der Waals surface area contributed by atoms with Crippen molar-refractivity contribution >= 4 is 28.9 Å². The fourth-order valence-corrected chi connectivity index (χ4v) is 3.29. The molecule has 0 spiro atoms. The van der Waals surface area contributed by atoms with Gasteiger partial charge in [0.15, 0.2) is 5.76 Å². The highest BCUT2D eigenvalue weighted by Crippen LogP contribution is 2.31. The summed E-state index contributed by atoms with van der Waals surface area (Å²) < 4.78 is 7.65. The first-order valence-corrected chi connectivity index (χ1v) is 8.15. The van der Waals surface area contributed by atoms with Gasteiger partial charge in [-0.25, -0.2) is 9.78 Å². The second-order valence-corrected chi connectivity index (χ2v) is 7.05. The Morgan fingerprint density at radius 1 is 1.48 bits per heavy atom. The number of carboxylic acid groups (broad SMARTS) is 1. The zero-order valence-electron chi connectivity index (χ0n) is 12.5. The van der Waals surface area contributed by atoms with Crippen LogP contribution >= 0.6 is 22.9 Å². The smallest absolute Gasteiger partial charge is 0.354 e. The molecule has 6 nitrogen and oxygen atoms in total. The van der Waals surface area contributed by atoms with Gasteiger partial charge in [0, 0.05) is 12.0 Å². The number of aromatic carboxylic acids is 1. The minimum Gasteiger partial charge on any atom is -0.477 e. The van der Waals surface area contributed by atoms with E-state index in [2.05, 4.69) is 10.1 Å². The van der Waals surface area contributed by atoms with Crippen molar-refractivity contribution in [3.8, 4) is 10.6 Å². The number of hydrogen-bond donors (Lipinski definition) is 1. The summed E-state index contributed by atoms with van der Waals surface area (Å²) in [6, 6.07) is 5.44. The summed E-state index contributed by atoms with van der Waals surface area (Å²) in [6.07, 6.45) is 1.37. The third-order valence-electron chi connectivity index (χ3n) is 3.32. The van der Waals surface area contributed by atoms with Gasteiger partial charge in [-0.1, -0.05) is 30.6 Å². The first kappa shape index (κ1) is 15.8. The van der Waals surface area contributed by atoms with Crippen molar-refractivity contribution in [2.24, 2.45) is 0 Å². The Kier molecular flexibility index (Phi) is 4.23. The quantitative estimate of drug-likeness (QED) is 0.747. The van der Waals surface area contributed by atoms with Gasteiger partial charge in [-0.3, -0.25) is 0 Å². The van der Waals surface area contributed by atoms with Crippen LogP contribution < -0.4 is 0 Å². The highest BCUT2D eigenvalue weighted by Gasteiger charge is 2.19. The normalized spacial score (nSPS) is 11.3. The van der Waals surface area contributed by atoms with Crippen LogP contribution in [-0.4, -0.2) is 25.8 Å². The van der Waals surface area contributed by atoms with Crippen LogP contribution in [0.1, 0.15) is 41.8 Å². The first-order valence-electron chi connectivity index (χ1n) is 6.95. The molecule has 0 saturated carbocycles. The molecular weight excluding hydrogens is 338 g/mol. The number of carbonyl (C=O) groups is 1. The lowest BCUT2D eigenvalue weighted by molar-refractivity contribution is 0.0685. The number of thiophene rings is 1. The number of halogens is 1. The lowest BCUT2D eigenvalue weighted by Gasteiger charge is -2.10. The minimum atomic E-state index is -1.02. The molecule has 3 aromatic heterocycles. The van der Waals surface area contributed by atoms with E-state index >= 15 is 0 Å². The molecule has 0 bridgehead atoms. The van der Waals surface area contributed by atoms with Crippen LogP contribution in [0.5, 0.6) is 0 Å². The number of imidazole rings is 1. The fourth-order valence-electron chi connectivity index (χ4n) is 2.30. The minimum absolute atomic E-state index is 0.102. The second kappa shape index (κ2) is 6.17. The van der Waals surface area contributed by atoms with Crippen LogP contribution in [0, 0.1) is 0 Å². The molecule has 3 aromatic rings. The molecule has 0 fully saturated rings. The van der Waals surface area contributed by atoms with Gasteiger partial charge in [0.25, 0.3) is 0 Å². The van der Waals surface area contributed by atoms with Gasteiger partial charge in [-0.15, -0.1) is 11.3 Å². The molecule has 0 aliphatic heterocycles. The molecule has 8 heteroatoms. The molecule has 3 rings (SSSR count). The first-order chi connectivity index (χ1) is 11.0. The van der Waals surface area contributed by atoms with E-state index < -0.39 is 5.97 Å². The summed E-state index contributed by atoms with van der Waals surface area (Å²) >= 11 is 7.32. The van der Waals surface area contributed by atoms with Gasteiger partial charge in [-0.2, -0.15) is 0 Å². The topological polar surface area (TPSA) is 81.1 Å². The van der Waals surface area contributed by atoms with Crippen molar-refractivity contribution in [3.05, 3.63) is 45.9 Å². The van der Waals surface area contributed by atoms with Crippen molar-refractivity contribution in [1.29, 1.82) is 0 Å². The summed E-state index contributed by atoms with van der Waals surface area (Å²) in [5.41, 5.74) is 0.768. The summed E-state index contributed by atoms with van der Waals surface area (Å²) in [7, 11) is 0. The summed E-state index contributed by atoms with van der Waals surface area (Å²) in [4.78, 5) is 16.4. The molecule has 0 atom stereocenters. The Labute approximate surface area is 141 Å². The van der Waals surface area contributed by atoms with Crippen LogP contribution in [0.15, 0.2) is 28.9 Å². The van der Waals surface area contributed by atoms with Crippen LogP contribution in [0.25, 0.3) is 10.6 Å². The lowest BCUT2D eigenvalue weighted by atomic mass is 10.2. The largest absolute Gasteiger partial charge is 0.477 e. The predicted octanol–water partition coefficient (Wildman–Crippen LogP) is 4.12. The van der Waals surface area contributed by atoms with Crippen molar-refractivity contribution < 1.29 is 14.4 Å². The number of hydrogen-bond acceptors (Lipinski definition) is 5. The maximum atomic E-state index is 11.4. The van der Waals surface area contributed by atoms with E-state index in [9.17, 15) is 9.90 Å². The summed E-state index contributed by atoms with van der Waals surface area (Å²) in [5, 5.41) is 13.3. The average Bonchev–Trinajstić information content (AvgIpc) is 3.18. The van der Waals surface area contributed by atoms with Crippen LogP contribution in [0.4, 0.5) is 0 Å². The van der Waals surface area contributed by atoms with Crippen molar-refractivity contribution in [3.63, 3.8) is 0 Å². The van der Waals surface area contributed by atoms with E-state index in [1.165, 1.54) is 17.5 Å². The van der Waals surface area contributed by atoms with Gasteiger partial charge in [0.1, 0.15) is 17.2 Å². The Hall–Kier alpha value is -2.12. The molecule has 3 heterocycles. The molecule has 0 aliphatic carbocycles. The van der Waals surface area contributed by atoms with E-state index in [4.69, 9.17) is 16.1 Å². The Bertz CT molecular complexity index is 850. The summed E-state index contributed by atoms with van der Waals surface area (Å²) in [5.74, 6) is 0.398. The second-order valence-electron chi connectivity index (χ2n) is 5.33. The standard InChI is InChI=1S/C15H14ClN3O3S/c1-8(2)14-17-6-10(15(20)21)19(14)7-9-5-11(22-18-9)12-3-4-13(16)23-12/h3-6,8H,7H2,1-2H3,(H,20,21). The van der Waals surface area contributed by atoms with Gasteiger partial charge in [-0.05, 0) is 12.1 Å².